The van der Waals surface area contributed by atoms with Crippen molar-refractivity contribution in [3.63, 3.8) is 0 Å². The number of anilines is 2. The number of carbonyl (C=O) groups is 2. The lowest BCUT2D eigenvalue weighted by molar-refractivity contribution is 0.0643. The first-order chi connectivity index (χ1) is 21.8. The SMILES string of the molecule is CCC(CC)NC(=O)Nc1ccc(Oc2ccc(NC(=O)c3ccc(OC4CC5CCC(C4)N5C)c(OC)c3)cc2)c(OC)c1. The molecule has 2 fully saturated rings. The molecular formula is C35H44N4O6. The summed E-state index contributed by atoms with van der Waals surface area (Å²) in [6, 6.07) is 18.5. The molecule has 45 heavy (non-hydrogen) atoms. The van der Waals surface area contributed by atoms with E-state index in [2.05, 4.69) is 27.9 Å². The molecule has 240 valence electrons. The van der Waals surface area contributed by atoms with Gasteiger partial charge in [-0.1, -0.05) is 13.8 Å². The summed E-state index contributed by atoms with van der Waals surface area (Å²) in [7, 11) is 5.34. The largest absolute Gasteiger partial charge is 0.493 e. The Morgan fingerprint density at radius 1 is 0.800 bits per heavy atom. The van der Waals surface area contributed by atoms with E-state index in [1.807, 2.05) is 19.9 Å². The summed E-state index contributed by atoms with van der Waals surface area (Å²) < 4.78 is 23.5. The van der Waals surface area contributed by atoms with Gasteiger partial charge in [-0.25, -0.2) is 4.79 Å². The molecule has 3 aromatic carbocycles. The summed E-state index contributed by atoms with van der Waals surface area (Å²) in [4.78, 5) is 27.9. The van der Waals surface area contributed by atoms with Crippen LogP contribution in [0, 0.1) is 0 Å². The average Bonchev–Trinajstić information content (AvgIpc) is 3.24. The molecule has 2 aliphatic rings. The number of benzene rings is 3. The van der Waals surface area contributed by atoms with E-state index in [1.54, 1.807) is 68.8 Å². The Morgan fingerprint density at radius 3 is 2.07 bits per heavy atom. The Morgan fingerprint density at radius 2 is 1.42 bits per heavy atom. The second kappa shape index (κ2) is 14.6. The Kier molecular flexibility index (Phi) is 10.3. The zero-order valence-electron chi connectivity index (χ0n) is 26.7. The van der Waals surface area contributed by atoms with Gasteiger partial charge in [0.05, 0.1) is 14.2 Å². The number of nitrogens with one attached hydrogen (secondary N) is 3. The van der Waals surface area contributed by atoms with Gasteiger partial charge in [0.25, 0.3) is 5.91 Å². The maximum atomic E-state index is 13.1. The summed E-state index contributed by atoms with van der Waals surface area (Å²) in [5.41, 5.74) is 1.67. The van der Waals surface area contributed by atoms with Crippen molar-refractivity contribution in [3.05, 3.63) is 66.2 Å². The number of urea groups is 1. The molecule has 10 nitrogen and oxygen atoms in total. The molecular weight excluding hydrogens is 572 g/mol. The van der Waals surface area contributed by atoms with Crippen LogP contribution < -0.4 is 34.9 Å². The minimum absolute atomic E-state index is 0.120. The van der Waals surface area contributed by atoms with Crippen molar-refractivity contribution in [2.75, 3.05) is 31.9 Å². The van der Waals surface area contributed by atoms with Gasteiger partial charge < -0.3 is 39.8 Å². The zero-order chi connectivity index (χ0) is 31.9. The molecule has 2 heterocycles. The number of amides is 3. The van der Waals surface area contributed by atoms with E-state index in [-0.39, 0.29) is 24.1 Å². The van der Waals surface area contributed by atoms with Crippen molar-refractivity contribution in [1.82, 2.24) is 10.2 Å². The van der Waals surface area contributed by atoms with E-state index >= 15 is 0 Å². The predicted molar refractivity (Wildman–Crippen MR) is 175 cm³/mol. The fraction of sp³-hybridized carbons (Fsp3) is 0.429. The Balaban J connectivity index is 1.17. The molecule has 3 aromatic rings. The van der Waals surface area contributed by atoms with Crippen LogP contribution in [0.25, 0.3) is 0 Å². The van der Waals surface area contributed by atoms with Crippen LogP contribution in [0.15, 0.2) is 60.7 Å². The monoisotopic (exact) mass is 616 g/mol. The lowest BCUT2D eigenvalue weighted by atomic mass is 10.0. The fourth-order valence-corrected chi connectivity index (χ4v) is 6.16. The first-order valence-electron chi connectivity index (χ1n) is 15.7. The lowest BCUT2D eigenvalue weighted by Crippen LogP contribution is -2.43. The zero-order valence-corrected chi connectivity index (χ0v) is 26.7. The second-order valence-electron chi connectivity index (χ2n) is 11.7. The third-order valence-electron chi connectivity index (χ3n) is 8.86. The van der Waals surface area contributed by atoms with Crippen LogP contribution in [0.2, 0.25) is 0 Å². The highest BCUT2D eigenvalue weighted by Gasteiger charge is 2.39. The van der Waals surface area contributed by atoms with Crippen molar-refractivity contribution in [1.29, 1.82) is 0 Å². The molecule has 3 amide bonds. The van der Waals surface area contributed by atoms with Crippen LogP contribution in [0.1, 0.15) is 62.7 Å². The lowest BCUT2D eigenvalue weighted by Gasteiger charge is -2.36. The number of nitrogens with zero attached hydrogens (tertiary/aromatic N) is 1. The van der Waals surface area contributed by atoms with Crippen molar-refractivity contribution in [3.8, 4) is 28.7 Å². The number of ether oxygens (including phenoxy) is 4. The average molecular weight is 617 g/mol. The topological polar surface area (TPSA) is 110 Å². The highest BCUT2D eigenvalue weighted by Crippen LogP contribution is 2.38. The normalized spacial score (nSPS) is 19.1. The number of rotatable bonds is 12. The molecule has 2 bridgehead atoms. The molecule has 2 atom stereocenters. The van der Waals surface area contributed by atoms with Gasteiger partial charge in [-0.05, 0) is 100 Å². The smallest absolute Gasteiger partial charge is 0.319 e. The fourth-order valence-electron chi connectivity index (χ4n) is 6.16. The van der Waals surface area contributed by atoms with E-state index in [9.17, 15) is 9.59 Å². The van der Waals surface area contributed by atoms with E-state index in [4.69, 9.17) is 18.9 Å². The Labute approximate surface area is 265 Å². The molecule has 0 radical (unpaired) electrons. The van der Waals surface area contributed by atoms with Crippen LogP contribution >= 0.6 is 0 Å². The highest BCUT2D eigenvalue weighted by molar-refractivity contribution is 6.04. The standard InChI is InChI=1S/C35H44N4O6/c1-6-23(7-2)37-35(41)38-25-11-17-31(33(19-25)43-5)44-28-14-9-24(10-15-28)36-34(40)22-8-16-30(32(18-22)42-4)45-29-20-26-12-13-27(21-29)39(26)3/h8-11,14-19,23,26-27,29H,6-7,12-13,20-21H2,1-5H3,(H,36,40)(H2,37,38,41). The Bertz CT molecular complexity index is 1460. The van der Waals surface area contributed by atoms with E-state index in [1.165, 1.54) is 12.8 Å². The van der Waals surface area contributed by atoms with Crippen LogP contribution in [0.3, 0.4) is 0 Å². The predicted octanol–water partition coefficient (Wildman–Crippen LogP) is 7.06. The van der Waals surface area contributed by atoms with Crippen molar-refractivity contribution < 1.29 is 28.5 Å². The van der Waals surface area contributed by atoms with Gasteiger partial charge in [0.2, 0.25) is 0 Å². The van der Waals surface area contributed by atoms with Gasteiger partial charge in [0.1, 0.15) is 11.9 Å². The molecule has 0 aliphatic carbocycles. The minimum atomic E-state index is -0.265. The van der Waals surface area contributed by atoms with Gasteiger partial charge in [-0.15, -0.1) is 0 Å². The summed E-state index contributed by atoms with van der Waals surface area (Å²) in [6.07, 6.45) is 6.33. The molecule has 2 unspecified atom stereocenters. The van der Waals surface area contributed by atoms with Crippen LogP contribution in [0.5, 0.6) is 28.7 Å². The van der Waals surface area contributed by atoms with E-state index in [0.717, 1.165) is 25.7 Å². The number of hydrogen-bond donors (Lipinski definition) is 3. The summed E-state index contributed by atoms with van der Waals surface area (Å²) >= 11 is 0. The second-order valence-corrected chi connectivity index (χ2v) is 11.7. The van der Waals surface area contributed by atoms with Crippen molar-refractivity contribution in [2.45, 2.75) is 76.6 Å². The highest BCUT2D eigenvalue weighted by atomic mass is 16.5. The van der Waals surface area contributed by atoms with Gasteiger partial charge >= 0.3 is 6.03 Å². The number of methoxy groups -OCH3 is 2. The van der Waals surface area contributed by atoms with Gasteiger partial charge in [-0.3, -0.25) is 4.79 Å². The molecule has 0 aromatic heterocycles. The maximum absolute atomic E-state index is 13.1. The van der Waals surface area contributed by atoms with E-state index < -0.39 is 0 Å². The van der Waals surface area contributed by atoms with Crippen LogP contribution in [0.4, 0.5) is 16.2 Å². The maximum Gasteiger partial charge on any atom is 0.319 e. The molecule has 2 aliphatic heterocycles. The van der Waals surface area contributed by atoms with Crippen LogP contribution in [-0.2, 0) is 0 Å². The molecule has 3 N–H and O–H groups in total. The quantitative estimate of drug-likeness (QED) is 0.200. The van der Waals surface area contributed by atoms with Gasteiger partial charge in [-0.2, -0.15) is 0 Å². The number of carbonyl (C=O) groups excluding carboxylic acids is 2. The molecule has 2 saturated heterocycles. The van der Waals surface area contributed by atoms with Crippen molar-refractivity contribution in [2.24, 2.45) is 0 Å². The third-order valence-corrected chi connectivity index (χ3v) is 8.86. The van der Waals surface area contributed by atoms with E-state index in [0.29, 0.717) is 57.8 Å². The first kappa shape index (κ1) is 32.0. The summed E-state index contributed by atoms with van der Waals surface area (Å²) in [5.74, 6) is 2.46. The summed E-state index contributed by atoms with van der Waals surface area (Å²) in [5, 5.41) is 8.72. The minimum Gasteiger partial charge on any atom is -0.493 e. The van der Waals surface area contributed by atoms with Gasteiger partial charge in [0.15, 0.2) is 23.0 Å². The molecule has 0 saturated carbocycles. The molecule has 5 rings (SSSR count). The first-order valence-corrected chi connectivity index (χ1v) is 15.7. The number of fused-ring (bicyclic) bond motifs is 2. The third kappa shape index (κ3) is 7.81. The van der Waals surface area contributed by atoms with Crippen LogP contribution in [-0.4, -0.2) is 62.3 Å². The van der Waals surface area contributed by atoms with Crippen molar-refractivity contribution >= 4 is 23.3 Å². The molecule has 0 spiro atoms. The molecule has 10 heteroatoms. The number of hydrogen-bond acceptors (Lipinski definition) is 7. The summed E-state index contributed by atoms with van der Waals surface area (Å²) in [6.45, 7) is 4.07. The Hall–Kier alpha value is -4.44. The number of piperidine rings is 1. The van der Waals surface area contributed by atoms with Gasteiger partial charge in [0, 0.05) is 41.1 Å².